The molecule has 1 aromatic carbocycles. The second-order valence-corrected chi connectivity index (χ2v) is 5.37. The molecule has 0 aliphatic carbocycles. The average molecular weight is 233 g/mol. The highest BCUT2D eigenvalue weighted by Crippen LogP contribution is 2.39. The monoisotopic (exact) mass is 233 g/mol. The molecule has 1 unspecified atom stereocenters. The van der Waals surface area contributed by atoms with E-state index in [1.54, 1.807) is 0 Å². The second kappa shape index (κ2) is 3.91. The highest BCUT2D eigenvalue weighted by Gasteiger charge is 2.25. The molecule has 0 aromatic heterocycles. The normalized spacial score (nSPS) is 23.4. The van der Waals surface area contributed by atoms with Gasteiger partial charge in [0.25, 0.3) is 0 Å². The fourth-order valence-corrected chi connectivity index (χ4v) is 2.73. The standard InChI is InChI=1S/C14H19NO2/c1-9-4-12-10(2)14-11(5-13(12)16-7-9)6-15(3)8-17-14/h5,9H,4,6-8H2,1-3H3. The van der Waals surface area contributed by atoms with Crippen LogP contribution in [0.15, 0.2) is 6.07 Å². The van der Waals surface area contributed by atoms with Gasteiger partial charge in [-0.2, -0.15) is 0 Å². The van der Waals surface area contributed by atoms with E-state index in [9.17, 15) is 0 Å². The summed E-state index contributed by atoms with van der Waals surface area (Å²) in [6, 6.07) is 2.17. The number of nitrogens with zero attached hydrogens (tertiary/aromatic N) is 1. The van der Waals surface area contributed by atoms with Crippen molar-refractivity contribution in [3.63, 3.8) is 0 Å². The van der Waals surface area contributed by atoms with E-state index >= 15 is 0 Å². The molecule has 1 aromatic rings. The van der Waals surface area contributed by atoms with Gasteiger partial charge in [0.2, 0.25) is 0 Å². The Morgan fingerprint density at radius 1 is 1.35 bits per heavy atom. The first-order valence-electron chi connectivity index (χ1n) is 6.24. The van der Waals surface area contributed by atoms with E-state index in [1.807, 2.05) is 0 Å². The molecule has 0 radical (unpaired) electrons. The largest absolute Gasteiger partial charge is 0.493 e. The summed E-state index contributed by atoms with van der Waals surface area (Å²) in [5.74, 6) is 2.75. The van der Waals surface area contributed by atoms with Gasteiger partial charge in [-0.1, -0.05) is 6.92 Å². The van der Waals surface area contributed by atoms with Crippen molar-refractivity contribution in [2.75, 3.05) is 20.4 Å². The zero-order valence-corrected chi connectivity index (χ0v) is 10.7. The van der Waals surface area contributed by atoms with Gasteiger partial charge in [0.15, 0.2) is 0 Å². The van der Waals surface area contributed by atoms with E-state index in [0.717, 1.165) is 31.1 Å². The molecule has 2 aliphatic rings. The van der Waals surface area contributed by atoms with Crippen molar-refractivity contribution in [2.24, 2.45) is 5.92 Å². The molecule has 3 rings (SSSR count). The molecule has 17 heavy (non-hydrogen) atoms. The fraction of sp³-hybridized carbons (Fsp3) is 0.571. The molecule has 0 spiro atoms. The molecule has 3 heteroatoms. The highest BCUT2D eigenvalue weighted by atomic mass is 16.5. The third kappa shape index (κ3) is 1.78. The molecular weight excluding hydrogens is 214 g/mol. The minimum absolute atomic E-state index is 0.602. The van der Waals surface area contributed by atoms with E-state index in [-0.39, 0.29) is 0 Å². The van der Waals surface area contributed by atoms with Gasteiger partial charge in [-0.15, -0.1) is 0 Å². The smallest absolute Gasteiger partial charge is 0.142 e. The van der Waals surface area contributed by atoms with Crippen LogP contribution < -0.4 is 9.47 Å². The number of hydrogen-bond acceptors (Lipinski definition) is 3. The van der Waals surface area contributed by atoms with E-state index in [4.69, 9.17) is 9.47 Å². The number of hydrogen-bond donors (Lipinski definition) is 0. The third-order valence-electron chi connectivity index (χ3n) is 3.63. The molecule has 2 aliphatic heterocycles. The number of ether oxygens (including phenoxy) is 2. The highest BCUT2D eigenvalue weighted by molar-refractivity contribution is 5.54. The van der Waals surface area contributed by atoms with Gasteiger partial charge in [0, 0.05) is 17.7 Å². The van der Waals surface area contributed by atoms with Crippen LogP contribution in [0.3, 0.4) is 0 Å². The predicted molar refractivity (Wildman–Crippen MR) is 66.5 cm³/mol. The van der Waals surface area contributed by atoms with Crippen molar-refractivity contribution in [3.8, 4) is 11.5 Å². The van der Waals surface area contributed by atoms with Crippen LogP contribution in [0.4, 0.5) is 0 Å². The van der Waals surface area contributed by atoms with Crippen LogP contribution in [0.25, 0.3) is 0 Å². The summed E-state index contributed by atoms with van der Waals surface area (Å²) in [6.45, 7) is 6.86. The third-order valence-corrected chi connectivity index (χ3v) is 3.63. The second-order valence-electron chi connectivity index (χ2n) is 5.37. The molecule has 0 saturated carbocycles. The lowest BCUT2D eigenvalue weighted by Crippen LogP contribution is -2.29. The molecule has 0 N–H and O–H groups in total. The summed E-state index contributed by atoms with van der Waals surface area (Å²) in [7, 11) is 2.07. The molecule has 0 saturated heterocycles. The summed E-state index contributed by atoms with van der Waals surface area (Å²) in [4.78, 5) is 2.17. The Hall–Kier alpha value is -1.22. The van der Waals surface area contributed by atoms with Crippen molar-refractivity contribution in [1.29, 1.82) is 0 Å². The molecule has 1 atom stereocenters. The first-order chi connectivity index (χ1) is 8.15. The Bertz CT molecular complexity index is 456. The molecule has 0 amide bonds. The van der Waals surface area contributed by atoms with Gasteiger partial charge < -0.3 is 9.47 Å². The summed E-state index contributed by atoms with van der Waals surface area (Å²) in [5.41, 5.74) is 3.87. The molecule has 2 heterocycles. The van der Waals surface area contributed by atoms with Gasteiger partial charge in [0.05, 0.1) is 6.61 Å². The predicted octanol–water partition coefficient (Wildman–Crippen LogP) is 2.35. The van der Waals surface area contributed by atoms with Crippen LogP contribution in [-0.4, -0.2) is 25.3 Å². The first kappa shape index (κ1) is 10.9. The van der Waals surface area contributed by atoms with Gasteiger partial charge in [-0.05, 0) is 37.9 Å². The Labute approximate surface area is 102 Å². The Kier molecular flexibility index (Phi) is 2.51. The number of fused-ring (bicyclic) bond motifs is 2. The topological polar surface area (TPSA) is 21.7 Å². The zero-order valence-electron chi connectivity index (χ0n) is 10.7. The van der Waals surface area contributed by atoms with Crippen LogP contribution in [-0.2, 0) is 13.0 Å². The summed E-state index contributed by atoms with van der Waals surface area (Å²) < 4.78 is 11.7. The maximum Gasteiger partial charge on any atom is 0.142 e. The number of benzene rings is 1. The maximum absolute atomic E-state index is 5.84. The molecule has 0 bridgehead atoms. The molecule has 3 nitrogen and oxygen atoms in total. The summed E-state index contributed by atoms with van der Waals surface area (Å²) in [5, 5.41) is 0. The van der Waals surface area contributed by atoms with E-state index < -0.39 is 0 Å². The van der Waals surface area contributed by atoms with E-state index in [1.165, 1.54) is 16.7 Å². The van der Waals surface area contributed by atoms with E-state index in [0.29, 0.717) is 12.6 Å². The SMILES string of the molecule is Cc1c2c(cc3c1OCN(C)C3)OCC(C)C2. The summed E-state index contributed by atoms with van der Waals surface area (Å²) >= 11 is 0. The first-order valence-corrected chi connectivity index (χ1v) is 6.24. The Balaban J connectivity index is 2.08. The lowest BCUT2D eigenvalue weighted by molar-refractivity contribution is 0.119. The molecule has 92 valence electrons. The van der Waals surface area contributed by atoms with Gasteiger partial charge in [-0.25, -0.2) is 0 Å². The van der Waals surface area contributed by atoms with Crippen molar-refractivity contribution in [1.82, 2.24) is 4.90 Å². The Morgan fingerprint density at radius 3 is 3.00 bits per heavy atom. The lowest BCUT2D eigenvalue weighted by Gasteiger charge is -2.31. The van der Waals surface area contributed by atoms with Crippen molar-refractivity contribution in [2.45, 2.75) is 26.8 Å². The van der Waals surface area contributed by atoms with Crippen LogP contribution in [0.2, 0.25) is 0 Å². The zero-order chi connectivity index (χ0) is 12.0. The number of rotatable bonds is 0. The van der Waals surface area contributed by atoms with Crippen molar-refractivity contribution >= 4 is 0 Å². The summed E-state index contributed by atoms with van der Waals surface area (Å²) in [6.07, 6.45) is 1.10. The van der Waals surface area contributed by atoms with Crippen LogP contribution in [0.5, 0.6) is 11.5 Å². The van der Waals surface area contributed by atoms with Crippen molar-refractivity contribution in [3.05, 3.63) is 22.8 Å². The Morgan fingerprint density at radius 2 is 2.18 bits per heavy atom. The quantitative estimate of drug-likeness (QED) is 0.686. The minimum atomic E-state index is 0.602. The maximum atomic E-state index is 5.84. The minimum Gasteiger partial charge on any atom is -0.493 e. The van der Waals surface area contributed by atoms with Crippen molar-refractivity contribution < 1.29 is 9.47 Å². The van der Waals surface area contributed by atoms with Gasteiger partial charge in [-0.3, -0.25) is 4.90 Å². The van der Waals surface area contributed by atoms with Crippen LogP contribution >= 0.6 is 0 Å². The average Bonchev–Trinajstić information content (AvgIpc) is 2.30. The molecule has 0 fully saturated rings. The lowest BCUT2D eigenvalue weighted by atomic mass is 9.92. The van der Waals surface area contributed by atoms with Gasteiger partial charge >= 0.3 is 0 Å². The van der Waals surface area contributed by atoms with Gasteiger partial charge in [0.1, 0.15) is 18.2 Å². The van der Waals surface area contributed by atoms with E-state index in [2.05, 4.69) is 31.9 Å². The van der Waals surface area contributed by atoms with Crippen LogP contribution in [0, 0.1) is 12.8 Å². The molecular formula is C14H19NO2. The fourth-order valence-electron chi connectivity index (χ4n) is 2.73. The van der Waals surface area contributed by atoms with Crippen LogP contribution in [0.1, 0.15) is 23.6 Å².